The molecule has 2 aromatic heterocycles. The Labute approximate surface area is 275 Å². The fraction of sp³-hybridized carbons (Fsp3) is 0. The summed E-state index contributed by atoms with van der Waals surface area (Å²) in [5.41, 5.74) is 7.19. The first-order valence-electron chi connectivity index (χ1n) is 15.6. The molecule has 0 amide bonds. The van der Waals surface area contributed by atoms with Gasteiger partial charge in [-0.25, -0.2) is 19.9 Å². The van der Waals surface area contributed by atoms with Gasteiger partial charge in [0, 0.05) is 27.6 Å². The van der Waals surface area contributed by atoms with Crippen molar-refractivity contribution < 1.29 is 0 Å². The zero-order valence-electron chi connectivity index (χ0n) is 25.2. The highest BCUT2D eigenvalue weighted by Gasteiger charge is 2.19. The Hall–Kier alpha value is -6.04. The fourth-order valence-electron chi connectivity index (χ4n) is 6.25. The van der Waals surface area contributed by atoms with Gasteiger partial charge in [-0.2, -0.15) is 0 Å². The zero-order valence-corrected chi connectivity index (χ0v) is 26.0. The Bertz CT molecular complexity index is 2500. The number of nitrogens with zero attached hydrogens (tertiary/aromatic N) is 4. The normalized spacial score (nSPS) is 11.4. The maximum absolute atomic E-state index is 5.15. The standard InChI is InChI=1S/C42H26N4S/c1-4-13-29(14-5-1)39-44-40(30-15-6-2-7-16-30)46-41(45-39)37-33-19-11-10-12-27(33)22-24-34(37)32-21-20-28-23-25-36-38(35(28)26-32)47-42(43-36)31-17-8-3-9-18-31/h1-26H. The molecule has 0 bridgehead atoms. The second-order valence-electron chi connectivity index (χ2n) is 11.5. The highest BCUT2D eigenvalue weighted by atomic mass is 32.1. The van der Waals surface area contributed by atoms with E-state index in [1.54, 1.807) is 11.3 Å². The van der Waals surface area contributed by atoms with E-state index in [9.17, 15) is 0 Å². The van der Waals surface area contributed by atoms with E-state index >= 15 is 0 Å². The third kappa shape index (κ3) is 4.94. The SMILES string of the molecule is c1ccc(-c2nc(-c3ccccc3)nc(-c3c(-c4ccc5ccc6nc(-c7ccccc7)sc6c5c4)ccc4ccccc34)n2)cc1. The molecule has 0 N–H and O–H groups in total. The molecule has 0 aliphatic rings. The van der Waals surface area contributed by atoms with E-state index in [-0.39, 0.29) is 0 Å². The van der Waals surface area contributed by atoms with Gasteiger partial charge in [0.05, 0.1) is 10.2 Å². The van der Waals surface area contributed by atoms with Crippen molar-refractivity contribution in [1.82, 2.24) is 19.9 Å². The third-order valence-corrected chi connectivity index (χ3v) is 9.71. The van der Waals surface area contributed by atoms with Gasteiger partial charge in [0.25, 0.3) is 0 Å². The van der Waals surface area contributed by atoms with Crippen LogP contribution in [0, 0.1) is 0 Å². The van der Waals surface area contributed by atoms with Crippen molar-refractivity contribution >= 4 is 43.1 Å². The van der Waals surface area contributed by atoms with Gasteiger partial charge in [0.1, 0.15) is 5.01 Å². The number of hydrogen-bond acceptors (Lipinski definition) is 5. The number of thiazole rings is 1. The summed E-state index contributed by atoms with van der Waals surface area (Å²) in [5.74, 6) is 1.94. The molecule has 0 aliphatic carbocycles. The van der Waals surface area contributed by atoms with Crippen LogP contribution in [0.2, 0.25) is 0 Å². The minimum atomic E-state index is 0.645. The van der Waals surface area contributed by atoms with Gasteiger partial charge < -0.3 is 0 Å². The molecule has 0 aliphatic heterocycles. The van der Waals surface area contributed by atoms with Crippen LogP contribution < -0.4 is 0 Å². The largest absolute Gasteiger partial charge is 0.236 e. The molecule has 2 heterocycles. The molecule has 220 valence electrons. The summed E-state index contributed by atoms with van der Waals surface area (Å²) in [5, 5.41) is 5.62. The molecule has 0 spiro atoms. The van der Waals surface area contributed by atoms with E-state index in [4.69, 9.17) is 19.9 Å². The maximum atomic E-state index is 5.15. The summed E-state index contributed by atoms with van der Waals surface area (Å²) in [4.78, 5) is 20.3. The van der Waals surface area contributed by atoms with Gasteiger partial charge in [-0.1, -0.05) is 146 Å². The Morgan fingerprint density at radius 3 is 1.64 bits per heavy atom. The van der Waals surface area contributed by atoms with Crippen molar-refractivity contribution in [3.05, 3.63) is 158 Å². The molecule has 0 saturated heterocycles. The van der Waals surface area contributed by atoms with E-state index in [2.05, 4.69) is 91.0 Å². The average molecular weight is 619 g/mol. The van der Waals surface area contributed by atoms with Crippen LogP contribution in [0.25, 0.3) is 87.6 Å². The van der Waals surface area contributed by atoms with Gasteiger partial charge in [0.2, 0.25) is 0 Å². The Morgan fingerprint density at radius 2 is 0.936 bits per heavy atom. The molecule has 5 heteroatoms. The molecule has 9 aromatic rings. The zero-order chi connectivity index (χ0) is 31.2. The van der Waals surface area contributed by atoms with Crippen LogP contribution in [0.15, 0.2) is 158 Å². The van der Waals surface area contributed by atoms with E-state index in [0.29, 0.717) is 17.5 Å². The van der Waals surface area contributed by atoms with Crippen molar-refractivity contribution in [2.45, 2.75) is 0 Å². The Balaban J connectivity index is 1.30. The molecule has 9 rings (SSSR count). The van der Waals surface area contributed by atoms with Crippen LogP contribution in [-0.4, -0.2) is 19.9 Å². The lowest BCUT2D eigenvalue weighted by atomic mass is 9.92. The van der Waals surface area contributed by atoms with Gasteiger partial charge in [-0.3, -0.25) is 0 Å². The summed E-state index contributed by atoms with van der Waals surface area (Å²) in [7, 11) is 0. The second kappa shape index (κ2) is 11.4. The van der Waals surface area contributed by atoms with Gasteiger partial charge in [0.15, 0.2) is 17.5 Å². The van der Waals surface area contributed by atoms with Crippen molar-refractivity contribution in [3.8, 4) is 55.9 Å². The minimum Gasteiger partial charge on any atom is -0.236 e. The number of rotatable bonds is 5. The van der Waals surface area contributed by atoms with E-state index in [1.807, 2.05) is 66.7 Å². The lowest BCUT2D eigenvalue weighted by Gasteiger charge is -2.15. The lowest BCUT2D eigenvalue weighted by molar-refractivity contribution is 1.08. The van der Waals surface area contributed by atoms with E-state index < -0.39 is 0 Å². The first-order valence-corrected chi connectivity index (χ1v) is 16.4. The molecule has 0 saturated carbocycles. The predicted octanol–water partition coefficient (Wildman–Crippen LogP) is 11.1. The summed E-state index contributed by atoms with van der Waals surface area (Å²) in [6.45, 7) is 0. The van der Waals surface area contributed by atoms with Crippen LogP contribution in [0.5, 0.6) is 0 Å². The molecular weight excluding hydrogens is 593 g/mol. The smallest absolute Gasteiger partial charge is 0.165 e. The average Bonchev–Trinajstić information content (AvgIpc) is 3.60. The van der Waals surface area contributed by atoms with Crippen LogP contribution >= 0.6 is 11.3 Å². The van der Waals surface area contributed by atoms with Gasteiger partial charge in [-0.15, -0.1) is 11.3 Å². The Kier molecular flexibility index (Phi) is 6.61. The highest BCUT2D eigenvalue weighted by Crippen LogP contribution is 2.41. The minimum absolute atomic E-state index is 0.645. The molecule has 47 heavy (non-hydrogen) atoms. The molecular formula is C42H26N4S. The number of aromatic nitrogens is 4. The Morgan fingerprint density at radius 1 is 0.383 bits per heavy atom. The number of hydrogen-bond donors (Lipinski definition) is 0. The summed E-state index contributed by atoms with van der Waals surface area (Å²) < 4.78 is 1.18. The van der Waals surface area contributed by atoms with Crippen LogP contribution in [0.1, 0.15) is 0 Å². The predicted molar refractivity (Wildman–Crippen MR) is 195 cm³/mol. The van der Waals surface area contributed by atoms with Gasteiger partial charge >= 0.3 is 0 Å². The first kappa shape index (κ1) is 27.3. The first-order chi connectivity index (χ1) is 23.3. The molecule has 0 unspecified atom stereocenters. The van der Waals surface area contributed by atoms with Crippen molar-refractivity contribution in [2.24, 2.45) is 0 Å². The monoisotopic (exact) mass is 618 g/mol. The summed E-state index contributed by atoms with van der Waals surface area (Å²) >= 11 is 1.74. The number of fused-ring (bicyclic) bond motifs is 4. The van der Waals surface area contributed by atoms with Crippen molar-refractivity contribution in [1.29, 1.82) is 0 Å². The summed E-state index contributed by atoms with van der Waals surface area (Å²) in [6, 6.07) is 54.6. The topological polar surface area (TPSA) is 51.6 Å². The van der Waals surface area contributed by atoms with E-state index in [0.717, 1.165) is 54.7 Å². The summed E-state index contributed by atoms with van der Waals surface area (Å²) in [6.07, 6.45) is 0. The van der Waals surface area contributed by atoms with Crippen LogP contribution in [-0.2, 0) is 0 Å². The van der Waals surface area contributed by atoms with Crippen molar-refractivity contribution in [3.63, 3.8) is 0 Å². The quantitative estimate of drug-likeness (QED) is 0.193. The highest BCUT2D eigenvalue weighted by molar-refractivity contribution is 7.22. The molecule has 0 fully saturated rings. The van der Waals surface area contributed by atoms with Crippen LogP contribution in [0.4, 0.5) is 0 Å². The third-order valence-electron chi connectivity index (χ3n) is 8.56. The van der Waals surface area contributed by atoms with Crippen molar-refractivity contribution in [2.75, 3.05) is 0 Å². The van der Waals surface area contributed by atoms with E-state index in [1.165, 1.54) is 15.5 Å². The van der Waals surface area contributed by atoms with Crippen LogP contribution in [0.3, 0.4) is 0 Å². The molecule has 0 radical (unpaired) electrons. The lowest BCUT2D eigenvalue weighted by Crippen LogP contribution is -2.01. The number of benzene rings is 7. The fourth-order valence-corrected chi connectivity index (χ4v) is 7.35. The van der Waals surface area contributed by atoms with Gasteiger partial charge in [-0.05, 0) is 39.4 Å². The maximum Gasteiger partial charge on any atom is 0.165 e. The molecule has 7 aromatic carbocycles. The molecule has 0 atom stereocenters. The second-order valence-corrected chi connectivity index (χ2v) is 12.5. The molecule has 4 nitrogen and oxygen atoms in total.